The number of para-hydroxylation sites is 1. The average molecular weight is 417 g/mol. The van der Waals surface area contributed by atoms with Gasteiger partial charge in [0, 0.05) is 0 Å². The highest BCUT2D eigenvalue weighted by Gasteiger charge is 2.65. The Balaban J connectivity index is 1.66. The Kier molecular flexibility index (Phi) is 4.25. The zero-order valence-corrected chi connectivity index (χ0v) is 16.9. The second-order valence-corrected chi connectivity index (χ2v) is 7.83. The fourth-order valence-corrected chi connectivity index (χ4v) is 5.01. The van der Waals surface area contributed by atoms with E-state index in [-0.39, 0.29) is 17.0 Å². The largest absolute Gasteiger partial charge is 0.465 e. The molecule has 0 bridgehead atoms. The SMILES string of the molecule is COC(=O)c1ccccc1N1C(=O)[C@@H]2[C@H](C1=O)[C@@H]1c3ccccc3C=NN1[C@H]2C(C)=O. The number of hydrazone groups is 1. The molecule has 2 fully saturated rings. The third-order valence-corrected chi connectivity index (χ3v) is 6.26. The van der Waals surface area contributed by atoms with Gasteiger partial charge in [-0.25, -0.2) is 9.69 Å². The van der Waals surface area contributed by atoms with Crippen molar-refractivity contribution in [2.24, 2.45) is 16.9 Å². The predicted molar refractivity (Wildman–Crippen MR) is 110 cm³/mol. The molecule has 4 atom stereocenters. The normalized spacial score (nSPS) is 25.9. The average Bonchev–Trinajstić information content (AvgIpc) is 3.26. The monoisotopic (exact) mass is 417 g/mol. The number of fused-ring (bicyclic) bond motifs is 5. The van der Waals surface area contributed by atoms with Gasteiger partial charge in [-0.05, 0) is 30.2 Å². The molecule has 2 aromatic carbocycles. The van der Waals surface area contributed by atoms with Crippen molar-refractivity contribution in [3.05, 3.63) is 65.2 Å². The maximum atomic E-state index is 13.7. The van der Waals surface area contributed by atoms with E-state index in [1.54, 1.807) is 23.4 Å². The number of carbonyl (C=O) groups is 4. The summed E-state index contributed by atoms with van der Waals surface area (Å²) in [5, 5.41) is 6.03. The van der Waals surface area contributed by atoms with Crippen LogP contribution in [0.25, 0.3) is 0 Å². The van der Waals surface area contributed by atoms with Crippen molar-refractivity contribution in [3.63, 3.8) is 0 Å². The summed E-state index contributed by atoms with van der Waals surface area (Å²) in [6.45, 7) is 1.41. The Morgan fingerprint density at radius 1 is 0.968 bits per heavy atom. The van der Waals surface area contributed by atoms with Crippen molar-refractivity contribution in [1.82, 2.24) is 5.01 Å². The van der Waals surface area contributed by atoms with E-state index >= 15 is 0 Å². The maximum absolute atomic E-state index is 13.7. The van der Waals surface area contributed by atoms with Crippen LogP contribution in [-0.2, 0) is 19.1 Å². The number of rotatable bonds is 3. The highest BCUT2D eigenvalue weighted by molar-refractivity contribution is 6.25. The van der Waals surface area contributed by atoms with Crippen molar-refractivity contribution in [3.8, 4) is 0 Å². The molecule has 0 unspecified atom stereocenters. The number of Topliss-reactive ketones (excluding diaryl/α,β-unsaturated/α-hetero) is 1. The van der Waals surface area contributed by atoms with Crippen LogP contribution in [0.3, 0.4) is 0 Å². The summed E-state index contributed by atoms with van der Waals surface area (Å²) in [7, 11) is 1.24. The molecule has 2 saturated heterocycles. The molecule has 31 heavy (non-hydrogen) atoms. The molecule has 0 N–H and O–H groups in total. The van der Waals surface area contributed by atoms with Gasteiger partial charge >= 0.3 is 5.97 Å². The van der Waals surface area contributed by atoms with Gasteiger partial charge in [0.05, 0.1) is 42.5 Å². The van der Waals surface area contributed by atoms with Crippen molar-refractivity contribution < 1.29 is 23.9 Å². The van der Waals surface area contributed by atoms with Crippen LogP contribution in [0.2, 0.25) is 0 Å². The van der Waals surface area contributed by atoms with E-state index in [2.05, 4.69) is 5.10 Å². The number of ketones is 1. The van der Waals surface area contributed by atoms with E-state index < -0.39 is 41.7 Å². The van der Waals surface area contributed by atoms with Gasteiger partial charge in [-0.1, -0.05) is 36.4 Å². The second kappa shape index (κ2) is 6.87. The number of amides is 2. The third kappa shape index (κ3) is 2.57. The van der Waals surface area contributed by atoms with Crippen molar-refractivity contribution >= 4 is 35.5 Å². The Morgan fingerprint density at radius 2 is 1.65 bits per heavy atom. The molecule has 0 aromatic heterocycles. The lowest BCUT2D eigenvalue weighted by Gasteiger charge is -2.33. The Labute approximate surface area is 178 Å². The summed E-state index contributed by atoms with van der Waals surface area (Å²) in [4.78, 5) is 53.1. The van der Waals surface area contributed by atoms with Gasteiger partial charge < -0.3 is 4.74 Å². The molecule has 0 spiro atoms. The fraction of sp³-hybridized carbons (Fsp3) is 0.261. The number of nitrogens with zero attached hydrogens (tertiary/aromatic N) is 3. The number of carbonyl (C=O) groups excluding carboxylic acids is 4. The number of methoxy groups -OCH3 is 1. The van der Waals surface area contributed by atoms with Crippen LogP contribution >= 0.6 is 0 Å². The predicted octanol–water partition coefficient (Wildman–Crippen LogP) is 1.94. The van der Waals surface area contributed by atoms with Crippen LogP contribution in [0.1, 0.15) is 34.5 Å². The molecule has 0 saturated carbocycles. The first-order valence-corrected chi connectivity index (χ1v) is 9.92. The summed E-state index contributed by atoms with van der Waals surface area (Å²) in [6, 6.07) is 12.4. The zero-order chi connectivity index (χ0) is 21.9. The number of esters is 1. The first-order chi connectivity index (χ1) is 15.0. The highest BCUT2D eigenvalue weighted by Crippen LogP contribution is 2.52. The fourth-order valence-electron chi connectivity index (χ4n) is 5.01. The lowest BCUT2D eigenvalue weighted by Crippen LogP contribution is -2.44. The van der Waals surface area contributed by atoms with E-state index in [0.29, 0.717) is 0 Å². The number of hydrogen-bond donors (Lipinski definition) is 0. The van der Waals surface area contributed by atoms with Gasteiger partial charge in [-0.3, -0.25) is 19.4 Å². The van der Waals surface area contributed by atoms with E-state index in [1.165, 1.54) is 26.2 Å². The molecule has 5 rings (SSSR count). The van der Waals surface area contributed by atoms with Crippen LogP contribution in [0, 0.1) is 11.8 Å². The van der Waals surface area contributed by atoms with E-state index in [4.69, 9.17) is 4.74 Å². The van der Waals surface area contributed by atoms with Gasteiger partial charge in [0.2, 0.25) is 11.8 Å². The summed E-state index contributed by atoms with van der Waals surface area (Å²) in [5.41, 5.74) is 1.98. The number of hydrogen-bond acceptors (Lipinski definition) is 7. The Bertz CT molecular complexity index is 1170. The highest BCUT2D eigenvalue weighted by atomic mass is 16.5. The molecule has 156 valence electrons. The molecule has 2 aromatic rings. The first kappa shape index (κ1) is 19.2. The summed E-state index contributed by atoms with van der Waals surface area (Å²) < 4.78 is 4.82. The van der Waals surface area contributed by atoms with Crippen LogP contribution in [0.5, 0.6) is 0 Å². The summed E-state index contributed by atoms with van der Waals surface area (Å²) in [6.07, 6.45) is 1.65. The number of anilines is 1. The van der Waals surface area contributed by atoms with Crippen molar-refractivity contribution in [2.45, 2.75) is 19.0 Å². The molecular weight excluding hydrogens is 398 g/mol. The van der Waals surface area contributed by atoms with Gasteiger partial charge in [0.1, 0.15) is 6.04 Å². The zero-order valence-electron chi connectivity index (χ0n) is 16.9. The lowest BCUT2D eigenvalue weighted by molar-refractivity contribution is -0.129. The van der Waals surface area contributed by atoms with Crippen LogP contribution < -0.4 is 4.90 Å². The van der Waals surface area contributed by atoms with Crippen LogP contribution in [-0.4, -0.2) is 47.9 Å². The molecule has 2 amide bonds. The van der Waals surface area contributed by atoms with Gasteiger partial charge in [-0.15, -0.1) is 0 Å². The first-order valence-electron chi connectivity index (χ1n) is 9.92. The smallest absolute Gasteiger partial charge is 0.339 e. The van der Waals surface area contributed by atoms with Gasteiger partial charge in [0.25, 0.3) is 0 Å². The molecule has 8 nitrogen and oxygen atoms in total. The minimum absolute atomic E-state index is 0.116. The minimum atomic E-state index is -0.885. The van der Waals surface area contributed by atoms with Crippen molar-refractivity contribution in [2.75, 3.05) is 12.0 Å². The quantitative estimate of drug-likeness (QED) is 0.559. The Morgan fingerprint density at radius 3 is 2.39 bits per heavy atom. The Hall–Kier alpha value is -3.81. The number of imide groups is 1. The molecule has 3 aliphatic heterocycles. The molecule has 0 radical (unpaired) electrons. The van der Waals surface area contributed by atoms with E-state index in [0.717, 1.165) is 16.0 Å². The summed E-state index contributed by atoms with van der Waals surface area (Å²) in [5.74, 6) is -3.51. The van der Waals surface area contributed by atoms with E-state index in [9.17, 15) is 19.2 Å². The molecule has 3 heterocycles. The third-order valence-electron chi connectivity index (χ3n) is 6.26. The molecule has 3 aliphatic rings. The molecular formula is C23H19N3O5. The summed E-state index contributed by atoms with van der Waals surface area (Å²) >= 11 is 0. The second-order valence-electron chi connectivity index (χ2n) is 7.83. The number of benzene rings is 2. The molecule has 0 aliphatic carbocycles. The minimum Gasteiger partial charge on any atom is -0.465 e. The standard InChI is InChI=1S/C23H19N3O5/c1-12(27)19-17-18(20-14-8-4-3-7-13(14)11-24-26(19)20)22(29)25(21(17)28)16-10-6-5-9-15(16)23(30)31-2/h3-11,17-20H,1-2H3/t17-,18+,19+,20+/m1/s1. The van der Waals surface area contributed by atoms with Crippen LogP contribution in [0.4, 0.5) is 5.69 Å². The number of ether oxygens (including phenoxy) is 1. The lowest BCUT2D eigenvalue weighted by atomic mass is 9.84. The van der Waals surface area contributed by atoms with Gasteiger partial charge in [0.15, 0.2) is 5.78 Å². The topological polar surface area (TPSA) is 96.3 Å². The molecule has 8 heteroatoms. The van der Waals surface area contributed by atoms with Gasteiger partial charge in [-0.2, -0.15) is 5.10 Å². The van der Waals surface area contributed by atoms with Crippen LogP contribution in [0.15, 0.2) is 53.6 Å². The van der Waals surface area contributed by atoms with E-state index in [1.807, 2.05) is 24.3 Å². The maximum Gasteiger partial charge on any atom is 0.339 e. The van der Waals surface area contributed by atoms with Crippen molar-refractivity contribution in [1.29, 1.82) is 0 Å².